The van der Waals surface area contributed by atoms with Gasteiger partial charge < -0.3 is 15.2 Å². The minimum Gasteiger partial charge on any atom is -0.490 e. The Labute approximate surface area is 124 Å². The molecule has 0 saturated carbocycles. The molecule has 20 heavy (non-hydrogen) atoms. The maximum atomic E-state index is 5.96. The highest BCUT2D eigenvalue weighted by Gasteiger charge is 2.10. The number of aryl methyl sites for hydroxylation is 1. The van der Waals surface area contributed by atoms with Gasteiger partial charge in [0.1, 0.15) is 6.61 Å². The second-order valence-corrected chi connectivity index (χ2v) is 5.64. The number of para-hydroxylation sites is 1. The third kappa shape index (κ3) is 3.52. The zero-order valence-electron chi connectivity index (χ0n) is 12.0. The van der Waals surface area contributed by atoms with E-state index in [0.717, 1.165) is 23.5 Å². The number of ether oxygens (including phenoxy) is 2. The van der Waals surface area contributed by atoms with Gasteiger partial charge in [-0.1, -0.05) is 19.1 Å². The highest BCUT2D eigenvalue weighted by Crippen LogP contribution is 2.32. The molecule has 0 radical (unpaired) electrons. The Morgan fingerprint density at radius 3 is 2.50 bits per heavy atom. The van der Waals surface area contributed by atoms with Crippen LogP contribution in [0, 0.1) is 0 Å². The molecule has 1 aromatic heterocycles. The van der Waals surface area contributed by atoms with Crippen molar-refractivity contribution in [2.24, 2.45) is 5.73 Å². The van der Waals surface area contributed by atoms with Crippen molar-refractivity contribution >= 4 is 11.3 Å². The van der Waals surface area contributed by atoms with Gasteiger partial charge in [-0.25, -0.2) is 0 Å². The molecule has 2 rings (SSSR count). The average molecular weight is 291 g/mol. The smallest absolute Gasteiger partial charge is 0.166 e. The SMILES string of the molecule is CCOc1cccc(CN)c1OCc1ccc(CC)s1. The van der Waals surface area contributed by atoms with E-state index in [4.69, 9.17) is 15.2 Å². The molecular weight excluding hydrogens is 270 g/mol. The summed E-state index contributed by atoms with van der Waals surface area (Å²) in [5.74, 6) is 1.53. The minimum absolute atomic E-state index is 0.445. The number of hydrogen-bond acceptors (Lipinski definition) is 4. The maximum absolute atomic E-state index is 5.96. The fourth-order valence-electron chi connectivity index (χ4n) is 1.99. The summed E-state index contributed by atoms with van der Waals surface area (Å²) < 4.78 is 11.6. The van der Waals surface area contributed by atoms with E-state index in [1.807, 2.05) is 25.1 Å². The van der Waals surface area contributed by atoms with Gasteiger partial charge in [0.2, 0.25) is 0 Å². The summed E-state index contributed by atoms with van der Waals surface area (Å²) >= 11 is 1.79. The first-order valence-electron chi connectivity index (χ1n) is 6.93. The van der Waals surface area contributed by atoms with Gasteiger partial charge in [0, 0.05) is 21.9 Å². The number of benzene rings is 1. The van der Waals surface area contributed by atoms with E-state index >= 15 is 0 Å². The Morgan fingerprint density at radius 1 is 1.05 bits per heavy atom. The zero-order valence-corrected chi connectivity index (χ0v) is 12.8. The van der Waals surface area contributed by atoms with Crippen LogP contribution in [0.4, 0.5) is 0 Å². The molecule has 0 aliphatic heterocycles. The molecule has 0 aliphatic rings. The summed E-state index contributed by atoms with van der Waals surface area (Å²) in [4.78, 5) is 2.59. The van der Waals surface area contributed by atoms with Crippen molar-refractivity contribution in [2.45, 2.75) is 33.4 Å². The van der Waals surface area contributed by atoms with E-state index < -0.39 is 0 Å². The lowest BCUT2D eigenvalue weighted by molar-refractivity contribution is 0.269. The summed E-state index contributed by atoms with van der Waals surface area (Å²) in [6.45, 7) is 5.74. The Bertz CT molecular complexity index is 551. The topological polar surface area (TPSA) is 44.5 Å². The standard InChI is InChI=1S/C16H21NO2S/c1-3-13-8-9-14(20-13)11-19-16-12(10-17)6-5-7-15(16)18-4-2/h5-9H,3-4,10-11,17H2,1-2H3. The predicted octanol–water partition coefficient (Wildman–Crippen LogP) is 3.75. The van der Waals surface area contributed by atoms with Crippen LogP contribution in [0.3, 0.4) is 0 Å². The zero-order chi connectivity index (χ0) is 14.4. The van der Waals surface area contributed by atoms with Crippen LogP contribution < -0.4 is 15.2 Å². The van der Waals surface area contributed by atoms with E-state index in [1.54, 1.807) is 11.3 Å². The van der Waals surface area contributed by atoms with Crippen LogP contribution >= 0.6 is 11.3 Å². The van der Waals surface area contributed by atoms with Crippen LogP contribution in [0.2, 0.25) is 0 Å². The normalized spacial score (nSPS) is 10.6. The molecule has 0 unspecified atom stereocenters. The van der Waals surface area contributed by atoms with Crippen LogP contribution in [-0.4, -0.2) is 6.61 Å². The molecular formula is C16H21NO2S. The summed E-state index contributed by atoms with van der Waals surface area (Å²) in [7, 11) is 0. The summed E-state index contributed by atoms with van der Waals surface area (Å²) in [6, 6.07) is 10.1. The first-order chi connectivity index (χ1) is 9.78. The van der Waals surface area contributed by atoms with Crippen LogP contribution in [-0.2, 0) is 19.6 Å². The van der Waals surface area contributed by atoms with E-state index in [-0.39, 0.29) is 0 Å². The fourth-order valence-corrected chi connectivity index (χ4v) is 2.86. The summed E-state index contributed by atoms with van der Waals surface area (Å²) in [5.41, 5.74) is 6.75. The van der Waals surface area contributed by atoms with Crippen molar-refractivity contribution in [3.63, 3.8) is 0 Å². The van der Waals surface area contributed by atoms with Crippen LogP contribution in [0.1, 0.15) is 29.2 Å². The van der Waals surface area contributed by atoms with Crippen LogP contribution in [0.5, 0.6) is 11.5 Å². The first kappa shape index (κ1) is 14.9. The van der Waals surface area contributed by atoms with E-state index in [9.17, 15) is 0 Å². The van der Waals surface area contributed by atoms with Gasteiger partial charge in [-0.3, -0.25) is 0 Å². The predicted molar refractivity (Wildman–Crippen MR) is 83.5 cm³/mol. The molecule has 0 bridgehead atoms. The summed E-state index contributed by atoms with van der Waals surface area (Å²) in [6.07, 6.45) is 1.06. The van der Waals surface area contributed by atoms with Gasteiger partial charge in [-0.05, 0) is 31.5 Å². The fraction of sp³-hybridized carbons (Fsp3) is 0.375. The summed E-state index contributed by atoms with van der Waals surface area (Å²) in [5, 5.41) is 0. The molecule has 0 spiro atoms. The largest absolute Gasteiger partial charge is 0.490 e. The molecule has 4 heteroatoms. The molecule has 2 N–H and O–H groups in total. The van der Waals surface area contributed by atoms with Crippen molar-refractivity contribution in [3.8, 4) is 11.5 Å². The van der Waals surface area contributed by atoms with E-state index in [1.165, 1.54) is 9.75 Å². The van der Waals surface area contributed by atoms with Crippen molar-refractivity contribution in [2.75, 3.05) is 6.61 Å². The lowest BCUT2D eigenvalue weighted by Crippen LogP contribution is -2.05. The first-order valence-corrected chi connectivity index (χ1v) is 7.75. The molecule has 1 heterocycles. The molecule has 3 nitrogen and oxygen atoms in total. The van der Waals surface area contributed by atoms with Gasteiger partial charge in [-0.15, -0.1) is 11.3 Å². The van der Waals surface area contributed by atoms with Crippen molar-refractivity contribution in [1.29, 1.82) is 0 Å². The minimum atomic E-state index is 0.445. The molecule has 108 valence electrons. The van der Waals surface area contributed by atoms with Gasteiger partial charge in [-0.2, -0.15) is 0 Å². The highest BCUT2D eigenvalue weighted by molar-refractivity contribution is 7.11. The lowest BCUT2D eigenvalue weighted by atomic mass is 10.2. The van der Waals surface area contributed by atoms with Gasteiger partial charge in [0.15, 0.2) is 11.5 Å². The maximum Gasteiger partial charge on any atom is 0.166 e. The monoisotopic (exact) mass is 291 g/mol. The van der Waals surface area contributed by atoms with Crippen molar-refractivity contribution in [3.05, 3.63) is 45.6 Å². The van der Waals surface area contributed by atoms with Gasteiger partial charge >= 0.3 is 0 Å². The molecule has 0 fully saturated rings. The number of thiophene rings is 1. The second kappa shape index (κ2) is 7.31. The van der Waals surface area contributed by atoms with Crippen molar-refractivity contribution < 1.29 is 9.47 Å². The van der Waals surface area contributed by atoms with E-state index in [2.05, 4.69) is 19.1 Å². The van der Waals surface area contributed by atoms with Crippen LogP contribution in [0.25, 0.3) is 0 Å². The average Bonchev–Trinajstić information content (AvgIpc) is 2.94. The Balaban J connectivity index is 2.14. The second-order valence-electron chi connectivity index (χ2n) is 4.39. The van der Waals surface area contributed by atoms with Gasteiger partial charge in [0.25, 0.3) is 0 Å². The highest BCUT2D eigenvalue weighted by atomic mass is 32.1. The Hall–Kier alpha value is -1.52. The molecule has 1 aromatic carbocycles. The van der Waals surface area contributed by atoms with Gasteiger partial charge in [0.05, 0.1) is 6.61 Å². The molecule has 2 aromatic rings. The van der Waals surface area contributed by atoms with Crippen molar-refractivity contribution in [1.82, 2.24) is 0 Å². The molecule has 0 amide bonds. The Morgan fingerprint density at radius 2 is 1.85 bits per heavy atom. The molecule has 0 aliphatic carbocycles. The number of rotatable bonds is 7. The molecule has 0 saturated heterocycles. The lowest BCUT2D eigenvalue weighted by Gasteiger charge is -2.14. The third-order valence-corrected chi connectivity index (χ3v) is 4.21. The number of nitrogens with two attached hydrogens (primary N) is 1. The Kier molecular flexibility index (Phi) is 5.44. The number of hydrogen-bond donors (Lipinski definition) is 1. The van der Waals surface area contributed by atoms with Crippen LogP contribution in [0.15, 0.2) is 30.3 Å². The molecule has 0 atom stereocenters. The van der Waals surface area contributed by atoms with E-state index in [0.29, 0.717) is 19.8 Å². The third-order valence-electron chi connectivity index (χ3n) is 3.00. The quantitative estimate of drug-likeness (QED) is 0.845.